The Morgan fingerprint density at radius 1 is 0.149 bits per heavy atom. The summed E-state index contributed by atoms with van der Waals surface area (Å²) in [6, 6.07) is 0. The normalized spacial score (nSPS) is 79.5. The van der Waals surface area contributed by atoms with E-state index in [1.165, 1.54) is 51.4 Å². The summed E-state index contributed by atoms with van der Waals surface area (Å²) in [5.74, 6) is 18.2. The number of halogens is 8. The van der Waals surface area contributed by atoms with Gasteiger partial charge >= 0.3 is 0 Å². The van der Waals surface area contributed by atoms with Gasteiger partial charge in [-0.1, -0.05) is 75.2 Å². The molecule has 28 saturated carbocycles. The zero-order valence-corrected chi connectivity index (χ0v) is 62.2. The maximum atomic E-state index is 20.8. The Kier molecular flexibility index (Phi) is 11.5. The molecule has 28 aliphatic carbocycles. The molecule has 0 N–H and O–H groups in total. The Bertz CT molecular complexity index is 3520. The van der Waals surface area contributed by atoms with Crippen LogP contribution < -0.4 is 0 Å². The largest absolute Gasteiger partial charge is 0.247 e. The molecule has 0 heterocycles. The Morgan fingerprint density at radius 2 is 0.406 bits per heavy atom. The van der Waals surface area contributed by atoms with Crippen molar-refractivity contribution in [2.75, 3.05) is 0 Å². The van der Waals surface area contributed by atoms with Crippen LogP contribution in [0, 0.1) is 373 Å². The van der Waals surface area contributed by atoms with E-state index in [9.17, 15) is 0 Å². The summed E-state index contributed by atoms with van der Waals surface area (Å²) < 4.78 is 152. The molecule has 0 spiro atoms. The van der Waals surface area contributed by atoms with Crippen LogP contribution in [0.1, 0.15) is 146 Å². The summed E-state index contributed by atoms with van der Waals surface area (Å²) in [6.07, 6.45) is 2.37. The molecule has 8 heteroatoms. The first-order chi connectivity index (χ1) is 48.8. The minimum Gasteiger partial charge on any atom is -0.247 e. The molecule has 71 atom stereocenters. The van der Waals surface area contributed by atoms with Crippen molar-refractivity contribution < 1.29 is 35.1 Å². The molecular weight excluding hydrogens is 1270 g/mol. The van der Waals surface area contributed by atoms with E-state index in [0.29, 0.717) is 77.4 Å². The van der Waals surface area contributed by atoms with Gasteiger partial charge in [-0.2, -0.15) is 0 Å². The minimum absolute atomic E-state index is 0.0000548. The molecule has 0 saturated heterocycles. The SMILES string of the molecule is CC1CCC2CC3CCC(C)C4C5CC(C)C6C7CC(C)C8C9C(F)C(C)C%10C%11C(C)C(C)C%12C%13C%11C%11C%14C%10C9C9C%10C(C(F)C(F)C(C%15C(F)C(C)C%16C(C%15%11)C%13C%11C%13C(CC(F)C(F)[C@H]%13%12)CC%12CC(F)C(F)[C@H]%16C%12%11)C%10%14)C%10CCC%11C%12C(C)CC%13C1C2C(C34)C1C%13C%12C(C6C51)C1C%11C%10C9C8C71. The van der Waals surface area contributed by atoms with E-state index in [2.05, 4.69) is 62.3 Å². The lowest BCUT2D eigenvalue weighted by Crippen LogP contribution is -2.85. The van der Waals surface area contributed by atoms with Gasteiger partial charge in [0.2, 0.25) is 0 Å². The smallest absolute Gasteiger partial charge is 0.135 e. The van der Waals surface area contributed by atoms with Crippen LogP contribution in [0.25, 0.3) is 0 Å². The molecule has 0 aromatic heterocycles. The molecule has 0 aromatic rings. The van der Waals surface area contributed by atoms with Crippen molar-refractivity contribution in [3.05, 3.63) is 0 Å². The number of hydrogen-bond acceptors (Lipinski definition) is 0. The van der Waals surface area contributed by atoms with Crippen LogP contribution in [0.5, 0.6) is 0 Å². The van der Waals surface area contributed by atoms with Crippen LogP contribution in [-0.4, -0.2) is 49.4 Å². The highest BCUT2D eigenvalue weighted by Gasteiger charge is 2.90. The molecule has 552 valence electrons. The maximum absolute atomic E-state index is 20.8. The second kappa shape index (κ2) is 19.0. The third-order valence-electron chi connectivity index (χ3n) is 48.4. The summed E-state index contributed by atoms with van der Waals surface area (Å²) in [5.41, 5.74) is 0. The molecule has 0 amide bonds. The van der Waals surface area contributed by atoms with Crippen molar-refractivity contribution in [1.29, 1.82) is 0 Å². The second-order valence-corrected chi connectivity index (χ2v) is 47.7. The van der Waals surface area contributed by atoms with E-state index in [4.69, 9.17) is 0 Å². The Balaban J connectivity index is 0.661. The van der Waals surface area contributed by atoms with Crippen molar-refractivity contribution in [3.63, 3.8) is 0 Å². The first-order valence-electron chi connectivity index (χ1n) is 45.9. The molecule has 69 unspecified atom stereocenters. The summed E-state index contributed by atoms with van der Waals surface area (Å²) in [4.78, 5) is 0. The highest BCUT2D eigenvalue weighted by molar-refractivity contribution is 5.37. The molecule has 28 aliphatic rings. The van der Waals surface area contributed by atoms with Crippen LogP contribution in [0.2, 0.25) is 0 Å². The average Bonchev–Trinajstić information content (AvgIpc) is 0.628. The summed E-state index contributed by atoms with van der Waals surface area (Å²) >= 11 is 0. The van der Waals surface area contributed by atoms with E-state index < -0.39 is 90.8 Å². The van der Waals surface area contributed by atoms with Gasteiger partial charge in [-0.25, -0.2) is 35.1 Å². The predicted octanol–water partition coefficient (Wildman–Crippen LogP) is 20.1. The quantitative estimate of drug-likeness (QED) is 0.212. The molecule has 0 aromatic carbocycles. The van der Waals surface area contributed by atoms with Crippen LogP contribution in [0.15, 0.2) is 0 Å². The van der Waals surface area contributed by atoms with E-state index in [1.807, 2.05) is 0 Å². The molecule has 0 aliphatic heterocycles. The topological polar surface area (TPSA) is 0 Å². The van der Waals surface area contributed by atoms with E-state index >= 15 is 35.1 Å². The standard InChI is InChI=1S/C93H124F8/c1-23-10-12-32-19-33-13-11-24(2)44-39-17-26(4)46-40-18-27(5)47-64-60(40)71-56-36(45-25(3)16-38-43(23)52(32)69(53(33)44)72-58(38)62(45)75(71)63(46)59(39)72)14-15-37-57(56)73(64)79-74-61(37)92(100)93(101)87-82(74)78-67-50(30(8)88(96)83(47)80(67)79)48-28(6)29(7)49-66-65(48)77(78)81-68-51(31(9)89(97)86(81)87)85-55-35(22-42(95)91(85)99)20-34-21-41(94)90(98)84(49)54(34)70(55)76(66)68/h23-93H,10-22H2,1-9H3/t23?,24?,25?,26?,27?,28?,29?,30?,31?,32?,33?,34?,35?,36?,37?,38?,39?,40?,41?,42?,43?,44?,45?,46?,47?,48?,49?,50?,51?,52?,53?,54?,55?,56?,57?,58?,59?,60?,61?,62?,63?,64?,65?,66?,67?,68?,69?,70?,71?,72?,73?,74?,75?,76?,77?,78?,79?,80?,81?,82?,83?,84-,85+,86?,87?,88?,89?,90?,91?,92?,93?/m0/s1. The Labute approximate surface area is 599 Å². The van der Waals surface area contributed by atoms with Crippen molar-refractivity contribution in [1.82, 2.24) is 0 Å². The molecule has 101 heavy (non-hydrogen) atoms. The molecule has 0 bridgehead atoms. The molecule has 28 rings (SSSR count). The highest BCUT2D eigenvalue weighted by Crippen LogP contribution is 2.92. The van der Waals surface area contributed by atoms with Crippen LogP contribution in [0.4, 0.5) is 35.1 Å². The minimum atomic E-state index is -1.77. The monoisotopic (exact) mass is 1390 g/mol. The molecular formula is C93H124F8. The zero-order chi connectivity index (χ0) is 67.2. The highest BCUT2D eigenvalue weighted by atomic mass is 19.2. The number of fused-ring (bicyclic) bond motifs is 10. The van der Waals surface area contributed by atoms with E-state index in [0.717, 1.165) is 119 Å². The zero-order valence-electron chi connectivity index (χ0n) is 62.2. The van der Waals surface area contributed by atoms with Crippen molar-refractivity contribution in [3.8, 4) is 0 Å². The molecule has 0 nitrogen and oxygen atoms in total. The van der Waals surface area contributed by atoms with Gasteiger partial charge in [-0.05, 0) is 438 Å². The van der Waals surface area contributed by atoms with Gasteiger partial charge in [-0.3, -0.25) is 0 Å². The fourth-order valence-electron chi connectivity index (χ4n) is 49.8. The molecule has 0 radical (unpaired) electrons. The van der Waals surface area contributed by atoms with Gasteiger partial charge in [0.05, 0.1) is 0 Å². The van der Waals surface area contributed by atoms with Crippen LogP contribution >= 0.6 is 0 Å². The molecule has 28 fully saturated rings. The van der Waals surface area contributed by atoms with Crippen molar-refractivity contribution in [2.45, 2.75) is 195 Å². The number of rotatable bonds is 0. The van der Waals surface area contributed by atoms with Gasteiger partial charge in [0.1, 0.15) is 49.4 Å². The number of alkyl halides is 8. The van der Waals surface area contributed by atoms with Gasteiger partial charge < -0.3 is 0 Å². The summed E-state index contributed by atoms with van der Waals surface area (Å²) in [6.45, 7) is 23.4. The average molecular weight is 1390 g/mol. The lowest BCUT2D eigenvalue weighted by atomic mass is 9.17. The summed E-state index contributed by atoms with van der Waals surface area (Å²) in [7, 11) is 0. The fraction of sp³-hybridized carbons (Fsp3) is 1.00. The van der Waals surface area contributed by atoms with E-state index in [-0.39, 0.29) is 161 Å². The van der Waals surface area contributed by atoms with Gasteiger partial charge in [0, 0.05) is 5.92 Å². The van der Waals surface area contributed by atoms with Crippen molar-refractivity contribution in [2.24, 2.45) is 373 Å². The van der Waals surface area contributed by atoms with Gasteiger partial charge in [-0.15, -0.1) is 0 Å². The summed E-state index contributed by atoms with van der Waals surface area (Å²) in [5, 5.41) is 0. The lowest BCUT2D eigenvalue weighted by Gasteiger charge is -2.87. The van der Waals surface area contributed by atoms with Gasteiger partial charge in [0.15, 0.2) is 0 Å². The Hall–Kier alpha value is -0.560. The number of hydrogen-bond donors (Lipinski definition) is 0. The first-order valence-corrected chi connectivity index (χ1v) is 45.9. The third-order valence-corrected chi connectivity index (χ3v) is 48.4. The van der Waals surface area contributed by atoms with Crippen molar-refractivity contribution >= 4 is 0 Å². The first kappa shape index (κ1) is 61.2. The maximum Gasteiger partial charge on any atom is 0.135 e. The fourth-order valence-corrected chi connectivity index (χ4v) is 49.8. The van der Waals surface area contributed by atoms with Crippen LogP contribution in [-0.2, 0) is 0 Å². The van der Waals surface area contributed by atoms with E-state index in [1.54, 1.807) is 6.42 Å². The van der Waals surface area contributed by atoms with Gasteiger partial charge in [0.25, 0.3) is 0 Å². The Morgan fingerprint density at radius 3 is 0.881 bits per heavy atom. The van der Waals surface area contributed by atoms with Crippen LogP contribution in [0.3, 0.4) is 0 Å². The predicted molar refractivity (Wildman–Crippen MR) is 370 cm³/mol. The lowest BCUT2D eigenvalue weighted by molar-refractivity contribution is -0.415. The second-order valence-electron chi connectivity index (χ2n) is 47.7. The third kappa shape index (κ3) is 6.07.